The zero-order valence-corrected chi connectivity index (χ0v) is 9.58. The summed E-state index contributed by atoms with van der Waals surface area (Å²) in [5.41, 5.74) is 0.955. The molecule has 1 atom stereocenters. The van der Waals surface area contributed by atoms with Gasteiger partial charge in [-0.2, -0.15) is 0 Å². The number of hydrogen-bond acceptors (Lipinski definition) is 3. The first-order valence-corrected chi connectivity index (χ1v) is 5.33. The Kier molecular flexibility index (Phi) is 3.31. The summed E-state index contributed by atoms with van der Waals surface area (Å²) < 4.78 is 10.7. The Hall–Kier alpha value is -1.26. The van der Waals surface area contributed by atoms with E-state index in [1.165, 1.54) is 0 Å². The van der Waals surface area contributed by atoms with E-state index in [0.717, 1.165) is 11.3 Å². The van der Waals surface area contributed by atoms with Crippen molar-refractivity contribution in [1.29, 1.82) is 0 Å². The Morgan fingerprint density at radius 1 is 1.62 bits per heavy atom. The predicted molar refractivity (Wildman–Crippen MR) is 59.6 cm³/mol. The molecule has 1 amide bonds. The van der Waals surface area contributed by atoms with Crippen molar-refractivity contribution in [2.45, 2.75) is 13.2 Å². The molecule has 1 unspecified atom stereocenters. The van der Waals surface area contributed by atoms with Crippen LogP contribution in [0.2, 0.25) is 5.02 Å². The molecule has 1 heterocycles. The lowest BCUT2D eigenvalue weighted by molar-refractivity contribution is -0.119. The van der Waals surface area contributed by atoms with Crippen molar-refractivity contribution in [3.8, 4) is 5.75 Å². The molecule has 0 aliphatic carbocycles. The van der Waals surface area contributed by atoms with Crippen LogP contribution in [0.1, 0.15) is 5.56 Å². The Bertz CT molecular complexity index is 408. The standard InChI is InChI=1S/C11H12ClNO3/c1-7-4-8(12)2-3-9(7)15-6-11-13-10(14)5-16-11/h2-4,11H,5-6H2,1H3,(H,13,14). The number of benzene rings is 1. The third-order valence-electron chi connectivity index (χ3n) is 2.26. The minimum atomic E-state index is -0.359. The number of rotatable bonds is 3. The number of carbonyl (C=O) groups is 1. The molecule has 16 heavy (non-hydrogen) atoms. The molecular formula is C11H12ClNO3. The molecule has 86 valence electrons. The Balaban J connectivity index is 1.92. The summed E-state index contributed by atoms with van der Waals surface area (Å²) in [6.07, 6.45) is -0.359. The molecule has 1 aromatic rings. The van der Waals surface area contributed by atoms with Crippen LogP contribution in [0.3, 0.4) is 0 Å². The van der Waals surface area contributed by atoms with E-state index in [1.54, 1.807) is 12.1 Å². The van der Waals surface area contributed by atoms with Crippen molar-refractivity contribution in [2.24, 2.45) is 0 Å². The number of halogens is 1. The lowest BCUT2D eigenvalue weighted by atomic mass is 10.2. The van der Waals surface area contributed by atoms with Crippen molar-refractivity contribution in [1.82, 2.24) is 5.32 Å². The van der Waals surface area contributed by atoms with Gasteiger partial charge in [0.1, 0.15) is 19.0 Å². The highest BCUT2D eigenvalue weighted by Gasteiger charge is 2.21. The maximum absolute atomic E-state index is 10.9. The molecule has 1 aliphatic rings. The van der Waals surface area contributed by atoms with Crippen LogP contribution < -0.4 is 10.1 Å². The Labute approximate surface area is 98.5 Å². The normalized spacial score (nSPS) is 19.6. The quantitative estimate of drug-likeness (QED) is 0.873. The topological polar surface area (TPSA) is 47.6 Å². The van der Waals surface area contributed by atoms with Crippen molar-refractivity contribution in [2.75, 3.05) is 13.2 Å². The van der Waals surface area contributed by atoms with E-state index in [1.807, 2.05) is 13.0 Å². The third kappa shape index (κ3) is 2.65. The van der Waals surface area contributed by atoms with Crippen molar-refractivity contribution < 1.29 is 14.3 Å². The van der Waals surface area contributed by atoms with Gasteiger partial charge in [0.25, 0.3) is 0 Å². The Morgan fingerprint density at radius 2 is 2.44 bits per heavy atom. The summed E-state index contributed by atoms with van der Waals surface area (Å²) in [6, 6.07) is 5.39. The van der Waals surface area contributed by atoms with Gasteiger partial charge in [0.2, 0.25) is 5.91 Å². The SMILES string of the molecule is Cc1cc(Cl)ccc1OCC1NC(=O)CO1. The summed E-state index contributed by atoms with van der Waals surface area (Å²) in [5, 5.41) is 3.32. The fourth-order valence-electron chi connectivity index (χ4n) is 1.47. The van der Waals surface area contributed by atoms with Crippen LogP contribution in [-0.2, 0) is 9.53 Å². The van der Waals surface area contributed by atoms with Crippen molar-refractivity contribution in [3.63, 3.8) is 0 Å². The van der Waals surface area contributed by atoms with E-state index in [-0.39, 0.29) is 18.7 Å². The summed E-state index contributed by atoms with van der Waals surface area (Å²) in [5.74, 6) is 0.635. The molecule has 0 aromatic heterocycles. The minimum absolute atomic E-state index is 0.105. The molecular weight excluding hydrogens is 230 g/mol. The van der Waals surface area contributed by atoms with Gasteiger partial charge in [-0.15, -0.1) is 0 Å². The molecule has 2 rings (SSSR count). The van der Waals surface area contributed by atoms with Crippen molar-refractivity contribution in [3.05, 3.63) is 28.8 Å². The summed E-state index contributed by atoms with van der Waals surface area (Å²) in [7, 11) is 0. The van der Waals surface area contributed by atoms with Crippen LogP contribution in [0, 0.1) is 6.92 Å². The highest BCUT2D eigenvalue weighted by Crippen LogP contribution is 2.22. The summed E-state index contributed by atoms with van der Waals surface area (Å²) in [6.45, 7) is 2.32. The van der Waals surface area contributed by atoms with Gasteiger partial charge in [0.15, 0.2) is 6.23 Å². The van der Waals surface area contributed by atoms with E-state index in [0.29, 0.717) is 11.6 Å². The van der Waals surface area contributed by atoms with Crippen molar-refractivity contribution >= 4 is 17.5 Å². The van der Waals surface area contributed by atoms with Crippen LogP contribution in [0.15, 0.2) is 18.2 Å². The number of hydrogen-bond donors (Lipinski definition) is 1. The zero-order valence-electron chi connectivity index (χ0n) is 8.83. The molecule has 0 radical (unpaired) electrons. The highest BCUT2D eigenvalue weighted by molar-refractivity contribution is 6.30. The zero-order chi connectivity index (χ0) is 11.5. The van der Waals surface area contributed by atoms with E-state index in [4.69, 9.17) is 21.1 Å². The van der Waals surface area contributed by atoms with Crippen LogP contribution >= 0.6 is 11.6 Å². The smallest absolute Gasteiger partial charge is 0.248 e. The lowest BCUT2D eigenvalue weighted by Gasteiger charge is -2.13. The van der Waals surface area contributed by atoms with Gasteiger partial charge in [0, 0.05) is 5.02 Å². The van der Waals surface area contributed by atoms with Gasteiger partial charge in [-0.25, -0.2) is 0 Å². The average Bonchev–Trinajstić information content (AvgIpc) is 2.63. The number of carbonyl (C=O) groups excluding carboxylic acids is 1. The molecule has 1 aliphatic heterocycles. The minimum Gasteiger partial charge on any atom is -0.489 e. The summed E-state index contributed by atoms with van der Waals surface area (Å²) in [4.78, 5) is 10.9. The molecule has 0 bridgehead atoms. The van der Waals surface area contributed by atoms with Gasteiger partial charge in [-0.1, -0.05) is 11.6 Å². The largest absolute Gasteiger partial charge is 0.489 e. The number of ether oxygens (including phenoxy) is 2. The molecule has 0 spiro atoms. The van der Waals surface area contributed by atoms with Gasteiger partial charge in [-0.3, -0.25) is 4.79 Å². The van der Waals surface area contributed by atoms with Crippen LogP contribution in [0.4, 0.5) is 0 Å². The maximum Gasteiger partial charge on any atom is 0.248 e. The second-order valence-corrected chi connectivity index (χ2v) is 4.02. The molecule has 1 N–H and O–H groups in total. The molecule has 1 fully saturated rings. The van der Waals surface area contributed by atoms with E-state index < -0.39 is 0 Å². The highest BCUT2D eigenvalue weighted by atomic mass is 35.5. The second kappa shape index (κ2) is 4.72. The van der Waals surface area contributed by atoms with Crippen LogP contribution in [0.25, 0.3) is 0 Å². The molecule has 1 saturated heterocycles. The van der Waals surface area contributed by atoms with Crippen LogP contribution in [-0.4, -0.2) is 25.3 Å². The Morgan fingerprint density at radius 3 is 3.06 bits per heavy atom. The first-order valence-electron chi connectivity index (χ1n) is 4.95. The molecule has 0 saturated carbocycles. The fourth-order valence-corrected chi connectivity index (χ4v) is 1.70. The van der Waals surface area contributed by atoms with Gasteiger partial charge < -0.3 is 14.8 Å². The van der Waals surface area contributed by atoms with Gasteiger partial charge in [0.05, 0.1) is 0 Å². The van der Waals surface area contributed by atoms with E-state index in [9.17, 15) is 4.79 Å². The lowest BCUT2D eigenvalue weighted by Crippen LogP contribution is -2.31. The number of amides is 1. The average molecular weight is 242 g/mol. The molecule has 4 nitrogen and oxygen atoms in total. The maximum atomic E-state index is 10.9. The fraction of sp³-hybridized carbons (Fsp3) is 0.364. The number of aryl methyl sites for hydroxylation is 1. The van der Waals surface area contributed by atoms with Crippen LogP contribution in [0.5, 0.6) is 5.75 Å². The first-order chi connectivity index (χ1) is 7.65. The first kappa shape index (κ1) is 11.2. The molecule has 5 heteroatoms. The van der Waals surface area contributed by atoms with Gasteiger partial charge >= 0.3 is 0 Å². The monoisotopic (exact) mass is 241 g/mol. The summed E-state index contributed by atoms with van der Waals surface area (Å²) >= 11 is 5.83. The second-order valence-electron chi connectivity index (χ2n) is 3.59. The van der Waals surface area contributed by atoms with Gasteiger partial charge in [-0.05, 0) is 30.7 Å². The van der Waals surface area contributed by atoms with E-state index in [2.05, 4.69) is 5.32 Å². The molecule has 1 aromatic carbocycles. The third-order valence-corrected chi connectivity index (χ3v) is 2.50. The predicted octanol–water partition coefficient (Wildman–Crippen LogP) is 1.50. The van der Waals surface area contributed by atoms with E-state index >= 15 is 0 Å². The number of nitrogens with one attached hydrogen (secondary N) is 1.